The van der Waals surface area contributed by atoms with Crippen LogP contribution in [0.2, 0.25) is 5.02 Å². The topological polar surface area (TPSA) is 70.1 Å². The molecule has 2 fully saturated rings. The van der Waals surface area contributed by atoms with Crippen molar-refractivity contribution in [2.24, 2.45) is 0 Å². The van der Waals surface area contributed by atoms with Crippen LogP contribution in [0.15, 0.2) is 15.7 Å². The fourth-order valence-corrected chi connectivity index (χ4v) is 3.91. The van der Waals surface area contributed by atoms with Crippen LogP contribution >= 0.6 is 11.6 Å². The average Bonchev–Trinajstić information content (AvgIpc) is 3.26. The molecule has 8 heteroatoms. The standard InChI is InChI=1S/C16H18ClFN4O2/c1-19-8-4-5-21(7-8)14-11(18)6-10-13(12(14)17)22(9-2-3-9)16(24)20-15(10)23/h6,8-9,19H,2-5,7H2,1H3,(H,20,23,24). The summed E-state index contributed by atoms with van der Waals surface area (Å²) in [5.74, 6) is -0.532. The number of aromatic nitrogens is 2. The zero-order valence-corrected chi connectivity index (χ0v) is 14.0. The molecule has 1 aromatic heterocycles. The van der Waals surface area contributed by atoms with Gasteiger partial charge in [0.1, 0.15) is 5.82 Å². The van der Waals surface area contributed by atoms with Gasteiger partial charge in [0.05, 0.1) is 21.6 Å². The zero-order chi connectivity index (χ0) is 17.0. The normalized spacial score (nSPS) is 21.0. The Labute approximate surface area is 142 Å². The molecule has 1 aliphatic carbocycles. The lowest BCUT2D eigenvalue weighted by molar-refractivity contribution is 0.609. The maximum absolute atomic E-state index is 14.7. The number of hydrogen-bond donors (Lipinski definition) is 2. The number of rotatable bonds is 3. The van der Waals surface area contributed by atoms with E-state index in [0.717, 1.165) is 19.3 Å². The summed E-state index contributed by atoms with van der Waals surface area (Å²) < 4.78 is 16.2. The van der Waals surface area contributed by atoms with Crippen molar-refractivity contribution < 1.29 is 4.39 Å². The second-order valence-corrected chi connectivity index (χ2v) is 6.88. The molecular formula is C16H18ClFN4O2. The SMILES string of the molecule is CNC1CCN(c2c(F)cc3c(=O)[nH]c(=O)n(C4CC4)c3c2Cl)C1. The van der Waals surface area contributed by atoms with Gasteiger partial charge in [0, 0.05) is 25.2 Å². The van der Waals surface area contributed by atoms with Gasteiger partial charge in [-0.2, -0.15) is 0 Å². The summed E-state index contributed by atoms with van der Waals surface area (Å²) in [7, 11) is 1.87. The molecule has 128 valence electrons. The second-order valence-electron chi connectivity index (χ2n) is 6.50. The van der Waals surface area contributed by atoms with Gasteiger partial charge in [0.25, 0.3) is 5.56 Å². The summed E-state index contributed by atoms with van der Waals surface area (Å²) in [6.45, 7) is 1.31. The molecule has 2 aliphatic rings. The molecule has 24 heavy (non-hydrogen) atoms. The summed E-state index contributed by atoms with van der Waals surface area (Å²) in [4.78, 5) is 28.5. The largest absolute Gasteiger partial charge is 0.366 e. The van der Waals surface area contributed by atoms with Crippen LogP contribution in [0, 0.1) is 5.82 Å². The number of aromatic amines is 1. The monoisotopic (exact) mass is 352 g/mol. The molecule has 1 saturated heterocycles. The highest BCUT2D eigenvalue weighted by atomic mass is 35.5. The number of nitrogens with one attached hydrogen (secondary N) is 2. The second kappa shape index (κ2) is 5.60. The fraction of sp³-hybridized carbons (Fsp3) is 0.500. The molecule has 1 aliphatic heterocycles. The van der Waals surface area contributed by atoms with Crippen molar-refractivity contribution in [3.63, 3.8) is 0 Å². The Balaban J connectivity index is 1.98. The van der Waals surface area contributed by atoms with Gasteiger partial charge in [-0.1, -0.05) is 11.6 Å². The Morgan fingerprint density at radius 3 is 2.71 bits per heavy atom. The highest BCUT2D eigenvalue weighted by Gasteiger charge is 2.31. The van der Waals surface area contributed by atoms with Crippen molar-refractivity contribution in [2.45, 2.75) is 31.3 Å². The third-order valence-electron chi connectivity index (χ3n) is 4.92. The quantitative estimate of drug-likeness (QED) is 0.880. The molecule has 4 rings (SSSR count). The highest BCUT2D eigenvalue weighted by molar-refractivity contribution is 6.37. The maximum Gasteiger partial charge on any atom is 0.329 e. The van der Waals surface area contributed by atoms with E-state index in [-0.39, 0.29) is 28.2 Å². The molecule has 2 N–H and O–H groups in total. The smallest absolute Gasteiger partial charge is 0.329 e. The van der Waals surface area contributed by atoms with Gasteiger partial charge < -0.3 is 10.2 Å². The number of nitrogens with zero attached hydrogens (tertiary/aromatic N) is 2. The molecule has 6 nitrogen and oxygen atoms in total. The van der Waals surface area contributed by atoms with Crippen LogP contribution in [0.4, 0.5) is 10.1 Å². The first-order valence-electron chi connectivity index (χ1n) is 8.10. The molecule has 0 radical (unpaired) electrons. The molecule has 1 unspecified atom stereocenters. The van der Waals surface area contributed by atoms with Crippen LogP contribution in [-0.4, -0.2) is 35.7 Å². The summed E-state index contributed by atoms with van der Waals surface area (Å²) in [5.41, 5.74) is -0.462. The molecule has 0 amide bonds. The summed E-state index contributed by atoms with van der Waals surface area (Å²) in [6.07, 6.45) is 2.60. The molecule has 1 aromatic carbocycles. The highest BCUT2D eigenvalue weighted by Crippen LogP contribution is 2.41. The Bertz CT molecular complexity index is 934. The van der Waals surface area contributed by atoms with Gasteiger partial charge in [0.15, 0.2) is 0 Å². The van der Waals surface area contributed by atoms with Crippen LogP contribution < -0.4 is 21.5 Å². The molecule has 0 spiro atoms. The number of likely N-dealkylation sites (N-methyl/N-ethyl adjacent to an activating group) is 1. The predicted molar refractivity (Wildman–Crippen MR) is 91.7 cm³/mol. The Morgan fingerprint density at radius 2 is 2.08 bits per heavy atom. The molecule has 1 atom stereocenters. The first-order valence-corrected chi connectivity index (χ1v) is 8.47. The number of hydrogen-bond acceptors (Lipinski definition) is 4. The van der Waals surface area contributed by atoms with Gasteiger partial charge in [0.2, 0.25) is 0 Å². The third-order valence-corrected chi connectivity index (χ3v) is 5.28. The van der Waals surface area contributed by atoms with Crippen molar-refractivity contribution >= 4 is 28.2 Å². The molecular weight excluding hydrogens is 335 g/mol. The number of halogens is 2. The van der Waals surface area contributed by atoms with E-state index in [0.29, 0.717) is 18.6 Å². The molecule has 0 bridgehead atoms. The minimum absolute atomic E-state index is 0.0243. The maximum atomic E-state index is 14.7. The molecule has 1 saturated carbocycles. The van der Waals surface area contributed by atoms with Crippen molar-refractivity contribution in [2.75, 3.05) is 25.0 Å². The Kier molecular flexibility index (Phi) is 3.65. The minimum Gasteiger partial charge on any atom is -0.366 e. The first-order chi connectivity index (χ1) is 11.5. The van der Waals surface area contributed by atoms with Crippen molar-refractivity contribution in [1.82, 2.24) is 14.9 Å². The lowest BCUT2D eigenvalue weighted by Crippen LogP contribution is -2.32. The van der Waals surface area contributed by atoms with Crippen LogP contribution in [-0.2, 0) is 0 Å². The van der Waals surface area contributed by atoms with E-state index in [2.05, 4.69) is 10.3 Å². The van der Waals surface area contributed by atoms with Gasteiger partial charge in [-0.15, -0.1) is 0 Å². The van der Waals surface area contributed by atoms with Crippen molar-refractivity contribution in [3.8, 4) is 0 Å². The van der Waals surface area contributed by atoms with E-state index in [1.54, 1.807) is 0 Å². The van der Waals surface area contributed by atoms with Gasteiger partial charge in [-0.25, -0.2) is 9.18 Å². The van der Waals surface area contributed by atoms with Gasteiger partial charge in [-0.05, 0) is 32.4 Å². The van der Waals surface area contributed by atoms with Crippen LogP contribution in [0.1, 0.15) is 25.3 Å². The van der Waals surface area contributed by atoms with Crippen molar-refractivity contribution in [1.29, 1.82) is 0 Å². The summed E-state index contributed by atoms with van der Waals surface area (Å²) in [5, 5.41) is 3.45. The lowest BCUT2D eigenvalue weighted by Gasteiger charge is -2.22. The first kappa shape index (κ1) is 15.7. The van der Waals surface area contributed by atoms with Gasteiger partial charge in [-0.3, -0.25) is 14.3 Å². The van der Waals surface area contributed by atoms with Crippen LogP contribution in [0.25, 0.3) is 10.9 Å². The summed E-state index contributed by atoms with van der Waals surface area (Å²) >= 11 is 6.52. The van der Waals surface area contributed by atoms with Crippen LogP contribution in [0.3, 0.4) is 0 Å². The Hall–Kier alpha value is -1.86. The van der Waals surface area contributed by atoms with E-state index in [4.69, 9.17) is 11.6 Å². The van der Waals surface area contributed by atoms with E-state index in [1.807, 2.05) is 11.9 Å². The van der Waals surface area contributed by atoms with Crippen molar-refractivity contribution in [3.05, 3.63) is 37.7 Å². The van der Waals surface area contributed by atoms with E-state index < -0.39 is 17.1 Å². The zero-order valence-electron chi connectivity index (χ0n) is 13.2. The average molecular weight is 353 g/mol. The van der Waals surface area contributed by atoms with Crippen LogP contribution in [0.5, 0.6) is 0 Å². The van der Waals surface area contributed by atoms with E-state index >= 15 is 0 Å². The number of H-pyrrole nitrogens is 1. The van der Waals surface area contributed by atoms with Gasteiger partial charge >= 0.3 is 5.69 Å². The number of benzene rings is 1. The predicted octanol–water partition coefficient (Wildman–Crippen LogP) is 1.62. The Morgan fingerprint density at radius 1 is 1.33 bits per heavy atom. The third kappa shape index (κ3) is 2.34. The molecule has 2 heterocycles. The van der Waals surface area contributed by atoms with E-state index in [1.165, 1.54) is 10.6 Å². The summed E-state index contributed by atoms with van der Waals surface area (Å²) in [6, 6.07) is 1.48. The lowest BCUT2D eigenvalue weighted by atomic mass is 10.2. The molecule has 2 aromatic rings. The minimum atomic E-state index is -0.603. The number of fused-ring (bicyclic) bond motifs is 1. The van der Waals surface area contributed by atoms with E-state index in [9.17, 15) is 14.0 Å². The number of anilines is 1. The fourth-order valence-electron chi connectivity index (χ4n) is 3.50.